The second-order valence-electron chi connectivity index (χ2n) is 9.81. The van der Waals surface area contributed by atoms with Gasteiger partial charge in [-0.1, -0.05) is 120 Å². The Bertz CT molecular complexity index is 803. The highest BCUT2D eigenvalue weighted by Crippen LogP contribution is 2.37. The van der Waals surface area contributed by atoms with Crippen LogP contribution in [0.2, 0.25) is 5.04 Å². The van der Waals surface area contributed by atoms with Gasteiger partial charge in [0.15, 0.2) is 0 Å². The lowest BCUT2D eigenvalue weighted by atomic mass is 9.95. The maximum Gasteiger partial charge on any atom is 0.261 e. The fourth-order valence-electron chi connectivity index (χ4n) is 4.47. The zero-order chi connectivity index (χ0) is 23.6. The van der Waals surface area contributed by atoms with Crippen molar-refractivity contribution >= 4 is 35.6 Å². The third-order valence-corrected chi connectivity index (χ3v) is 11.6. The van der Waals surface area contributed by atoms with Gasteiger partial charge in [0, 0.05) is 6.61 Å². The molecule has 2 atom stereocenters. The molecule has 0 saturated carbocycles. The van der Waals surface area contributed by atoms with Gasteiger partial charge in [-0.05, 0) is 51.9 Å². The molecule has 0 spiro atoms. The molecule has 174 valence electrons. The van der Waals surface area contributed by atoms with E-state index in [0.717, 1.165) is 25.2 Å². The Labute approximate surface area is 201 Å². The molecule has 0 amide bonds. The van der Waals surface area contributed by atoms with Gasteiger partial charge < -0.3 is 4.43 Å². The number of benzene rings is 2. The largest absolute Gasteiger partial charge is 0.407 e. The molecule has 0 fully saturated rings. The monoisotopic (exact) mass is 468 g/mol. The van der Waals surface area contributed by atoms with Crippen LogP contribution in [0.4, 0.5) is 0 Å². The summed E-state index contributed by atoms with van der Waals surface area (Å²) < 4.78 is 7.07. The summed E-state index contributed by atoms with van der Waals surface area (Å²) in [5, 5.41) is 2.81. The minimum atomic E-state index is -2.47. The third kappa shape index (κ3) is 7.19. The Morgan fingerprint density at radius 3 is 1.97 bits per heavy atom. The average molecular weight is 469 g/mol. The highest BCUT2D eigenvalue weighted by atomic mass is 32.2. The molecule has 0 aliphatic carbocycles. The summed E-state index contributed by atoms with van der Waals surface area (Å²) in [7, 11) is -2.47. The van der Waals surface area contributed by atoms with Crippen LogP contribution in [-0.2, 0) is 9.22 Å². The molecular formula is C28H40O2SSi. The van der Waals surface area contributed by atoms with Crippen LogP contribution >= 0.6 is 11.8 Å². The quantitative estimate of drug-likeness (QED) is 0.280. The van der Waals surface area contributed by atoms with Gasteiger partial charge >= 0.3 is 0 Å². The highest BCUT2D eigenvalue weighted by Gasteiger charge is 2.50. The van der Waals surface area contributed by atoms with Gasteiger partial charge in [-0.25, -0.2) is 0 Å². The Morgan fingerprint density at radius 2 is 1.50 bits per heavy atom. The van der Waals surface area contributed by atoms with Crippen molar-refractivity contribution in [2.45, 2.75) is 59.4 Å². The van der Waals surface area contributed by atoms with E-state index in [-0.39, 0.29) is 10.2 Å². The average Bonchev–Trinajstić information content (AvgIpc) is 2.75. The molecule has 0 radical (unpaired) electrons. The van der Waals surface area contributed by atoms with Crippen LogP contribution < -0.4 is 10.4 Å². The van der Waals surface area contributed by atoms with Crippen molar-refractivity contribution in [1.82, 2.24) is 0 Å². The predicted octanol–water partition coefficient (Wildman–Crippen LogP) is 6.45. The Balaban J connectivity index is 2.16. The third-order valence-electron chi connectivity index (χ3n) is 5.88. The van der Waals surface area contributed by atoms with Gasteiger partial charge in [0.2, 0.25) is 5.12 Å². The van der Waals surface area contributed by atoms with Crippen LogP contribution in [0.15, 0.2) is 72.8 Å². The lowest BCUT2D eigenvalue weighted by molar-refractivity contribution is -0.107. The second kappa shape index (κ2) is 12.6. The zero-order valence-corrected chi connectivity index (χ0v) is 22.5. The van der Waals surface area contributed by atoms with Gasteiger partial charge in [-0.15, -0.1) is 0 Å². The van der Waals surface area contributed by atoms with E-state index >= 15 is 0 Å². The summed E-state index contributed by atoms with van der Waals surface area (Å²) in [5.74, 6) is 1.79. The summed E-state index contributed by atoms with van der Waals surface area (Å²) in [5.41, 5.74) is 0. The van der Waals surface area contributed by atoms with E-state index in [4.69, 9.17) is 4.43 Å². The summed E-state index contributed by atoms with van der Waals surface area (Å²) in [6, 6.07) is 21.7. The van der Waals surface area contributed by atoms with Gasteiger partial charge in [-0.3, -0.25) is 4.79 Å². The maximum atomic E-state index is 11.7. The fraction of sp³-hybridized carbons (Fsp3) is 0.464. The maximum absolute atomic E-state index is 11.7. The van der Waals surface area contributed by atoms with E-state index in [0.29, 0.717) is 11.8 Å². The van der Waals surface area contributed by atoms with Crippen LogP contribution in [0.25, 0.3) is 0 Å². The number of carbonyl (C=O) groups is 1. The highest BCUT2D eigenvalue weighted by molar-refractivity contribution is 8.14. The first-order chi connectivity index (χ1) is 15.2. The molecule has 0 aromatic heterocycles. The molecule has 4 heteroatoms. The molecule has 2 aromatic carbocycles. The van der Waals surface area contributed by atoms with Crippen LogP contribution in [0, 0.1) is 11.8 Å². The van der Waals surface area contributed by atoms with Crippen LogP contribution in [0.3, 0.4) is 0 Å². The predicted molar refractivity (Wildman–Crippen MR) is 143 cm³/mol. The van der Waals surface area contributed by atoms with E-state index in [1.54, 1.807) is 6.08 Å². The van der Waals surface area contributed by atoms with Crippen molar-refractivity contribution < 1.29 is 9.22 Å². The van der Waals surface area contributed by atoms with Crippen molar-refractivity contribution in [3.05, 3.63) is 72.8 Å². The first-order valence-corrected chi connectivity index (χ1v) is 14.7. The SMILES string of the molecule is CCSC(=O)/C=C/C[C@@H](C)C[C@@H](C)CO[Si](c1ccccc1)(c1ccccc1)C(C)(C)C. The van der Waals surface area contributed by atoms with E-state index in [9.17, 15) is 4.79 Å². The fourth-order valence-corrected chi connectivity index (χ4v) is 9.63. The van der Waals surface area contributed by atoms with E-state index in [2.05, 4.69) is 95.3 Å². The lowest BCUT2D eigenvalue weighted by Gasteiger charge is -2.43. The number of thioether (sulfide) groups is 1. The lowest BCUT2D eigenvalue weighted by Crippen LogP contribution is -2.66. The first kappa shape index (κ1) is 26.6. The van der Waals surface area contributed by atoms with E-state index in [1.165, 1.54) is 22.1 Å². The molecular weight excluding hydrogens is 428 g/mol. The molecule has 0 aliphatic rings. The molecule has 2 aromatic rings. The molecule has 2 rings (SSSR count). The van der Waals surface area contributed by atoms with Crippen molar-refractivity contribution in [3.8, 4) is 0 Å². The van der Waals surface area contributed by atoms with Crippen LogP contribution in [0.1, 0.15) is 54.4 Å². The molecule has 2 nitrogen and oxygen atoms in total. The van der Waals surface area contributed by atoms with Crippen LogP contribution in [-0.4, -0.2) is 25.8 Å². The van der Waals surface area contributed by atoms with Crippen molar-refractivity contribution in [2.24, 2.45) is 11.8 Å². The number of rotatable bonds is 11. The smallest absolute Gasteiger partial charge is 0.261 e. The molecule has 0 unspecified atom stereocenters. The number of hydrogen-bond acceptors (Lipinski definition) is 3. The summed E-state index contributed by atoms with van der Waals surface area (Å²) in [6.07, 6.45) is 5.77. The first-order valence-electron chi connectivity index (χ1n) is 11.8. The molecule has 0 aliphatic heterocycles. The molecule has 0 saturated heterocycles. The minimum absolute atomic E-state index is 0.00108. The number of hydrogen-bond donors (Lipinski definition) is 0. The molecule has 0 heterocycles. The summed E-state index contributed by atoms with van der Waals surface area (Å²) in [6.45, 7) is 14.3. The summed E-state index contributed by atoms with van der Waals surface area (Å²) >= 11 is 1.36. The van der Waals surface area contributed by atoms with Crippen molar-refractivity contribution in [3.63, 3.8) is 0 Å². The topological polar surface area (TPSA) is 26.3 Å². The molecule has 0 bridgehead atoms. The van der Waals surface area contributed by atoms with E-state index < -0.39 is 8.32 Å². The molecule has 0 N–H and O–H groups in total. The Hall–Kier alpha value is -1.62. The minimum Gasteiger partial charge on any atom is -0.407 e. The molecule has 32 heavy (non-hydrogen) atoms. The van der Waals surface area contributed by atoms with E-state index in [1.807, 2.05) is 13.0 Å². The zero-order valence-electron chi connectivity index (χ0n) is 20.6. The normalized spacial score (nSPS) is 14.4. The van der Waals surface area contributed by atoms with Gasteiger partial charge in [-0.2, -0.15) is 0 Å². The second-order valence-corrected chi connectivity index (χ2v) is 15.4. The Kier molecular flexibility index (Phi) is 10.5. The van der Waals surface area contributed by atoms with Crippen LogP contribution in [0.5, 0.6) is 0 Å². The van der Waals surface area contributed by atoms with Crippen molar-refractivity contribution in [2.75, 3.05) is 12.4 Å². The summed E-state index contributed by atoms with van der Waals surface area (Å²) in [4.78, 5) is 11.7. The number of allylic oxidation sites excluding steroid dienone is 1. The van der Waals surface area contributed by atoms with Gasteiger partial charge in [0.1, 0.15) is 0 Å². The van der Waals surface area contributed by atoms with Crippen molar-refractivity contribution in [1.29, 1.82) is 0 Å². The van der Waals surface area contributed by atoms with Gasteiger partial charge in [0.05, 0.1) is 0 Å². The van der Waals surface area contributed by atoms with Gasteiger partial charge in [0.25, 0.3) is 8.32 Å². The Morgan fingerprint density at radius 1 is 0.969 bits per heavy atom. The number of carbonyl (C=O) groups excluding carboxylic acids is 1. The standard InChI is InChI=1S/C28H40O2SSi/c1-7-31-27(29)20-14-15-23(2)21-24(3)22-30-32(28(4,5)6,25-16-10-8-11-17-25)26-18-12-9-13-19-26/h8-14,16-20,23-24H,7,15,21-22H2,1-6H3/b20-14+/t23-,24-/m1/s1.